The normalized spacial score (nSPS) is 11.9. The molecule has 3 aromatic rings. The maximum absolute atomic E-state index is 12.2. The Bertz CT molecular complexity index is 1030. The molecule has 1 atom stereocenters. The van der Waals surface area contributed by atoms with Crippen LogP contribution in [0.2, 0.25) is 0 Å². The molecular weight excluding hydrogens is 352 g/mol. The van der Waals surface area contributed by atoms with Gasteiger partial charge in [0.05, 0.1) is 30.6 Å². The van der Waals surface area contributed by atoms with Gasteiger partial charge in [-0.3, -0.25) is 14.7 Å². The summed E-state index contributed by atoms with van der Waals surface area (Å²) in [4.78, 5) is 35.0. The molecule has 0 fully saturated rings. The number of benzene rings is 1. The topological polar surface area (TPSA) is 125 Å². The van der Waals surface area contributed by atoms with E-state index in [1.54, 1.807) is 31.2 Å². The van der Waals surface area contributed by atoms with Crippen LogP contribution in [0.4, 0.5) is 0 Å². The quantitative estimate of drug-likeness (QED) is 0.573. The van der Waals surface area contributed by atoms with E-state index in [2.05, 4.69) is 10.2 Å². The smallest absolute Gasteiger partial charge is 0.335 e. The van der Waals surface area contributed by atoms with Crippen molar-refractivity contribution in [3.05, 3.63) is 69.3 Å². The first-order valence-corrected chi connectivity index (χ1v) is 8.18. The number of ether oxygens (including phenoxy) is 1. The number of rotatable bonds is 6. The summed E-state index contributed by atoms with van der Waals surface area (Å²) < 4.78 is 10.6. The van der Waals surface area contributed by atoms with Crippen LogP contribution in [-0.2, 0) is 9.53 Å². The SMILES string of the molecule is COC(=O)C[C@@H](c1ccc(-c2ccc(C(=O)O)cc2)o1)c1c(C)[nH][nH]c1=O. The Hall–Kier alpha value is -3.55. The van der Waals surface area contributed by atoms with Gasteiger partial charge in [0.25, 0.3) is 5.56 Å². The van der Waals surface area contributed by atoms with Crippen molar-refractivity contribution in [2.45, 2.75) is 19.3 Å². The van der Waals surface area contributed by atoms with E-state index < -0.39 is 17.9 Å². The average Bonchev–Trinajstić information content (AvgIpc) is 3.27. The number of aromatic carboxylic acids is 1. The number of carboxylic acids is 1. The molecule has 0 unspecified atom stereocenters. The molecule has 0 radical (unpaired) electrons. The first kappa shape index (κ1) is 18.2. The third-order valence-corrected chi connectivity index (χ3v) is 4.35. The number of carbonyl (C=O) groups is 2. The Balaban J connectivity index is 1.98. The lowest BCUT2D eigenvalue weighted by molar-refractivity contribution is -0.140. The number of H-pyrrole nitrogens is 2. The fourth-order valence-corrected chi connectivity index (χ4v) is 2.94. The second kappa shape index (κ2) is 7.36. The van der Waals surface area contributed by atoms with Crippen LogP contribution in [0.15, 0.2) is 45.6 Å². The molecule has 3 N–H and O–H groups in total. The lowest BCUT2D eigenvalue weighted by Crippen LogP contribution is -2.16. The summed E-state index contributed by atoms with van der Waals surface area (Å²) >= 11 is 0. The second-order valence-corrected chi connectivity index (χ2v) is 6.04. The Morgan fingerprint density at radius 2 is 1.85 bits per heavy atom. The molecule has 0 bridgehead atoms. The van der Waals surface area contributed by atoms with Crippen LogP contribution in [0.1, 0.15) is 39.7 Å². The number of carboxylic acid groups (broad SMARTS) is 1. The predicted octanol–water partition coefficient (Wildman–Crippen LogP) is 2.66. The van der Waals surface area contributed by atoms with Crippen LogP contribution in [0.5, 0.6) is 0 Å². The molecule has 0 aliphatic rings. The van der Waals surface area contributed by atoms with Gasteiger partial charge in [-0.05, 0) is 31.2 Å². The van der Waals surface area contributed by atoms with E-state index in [-0.39, 0.29) is 17.5 Å². The minimum absolute atomic E-state index is 0.0524. The van der Waals surface area contributed by atoms with E-state index in [0.29, 0.717) is 28.3 Å². The number of nitrogens with one attached hydrogen (secondary N) is 2. The van der Waals surface area contributed by atoms with Crippen LogP contribution in [-0.4, -0.2) is 34.4 Å². The molecule has 1 aromatic carbocycles. The first-order chi connectivity index (χ1) is 12.9. The van der Waals surface area contributed by atoms with E-state index in [4.69, 9.17) is 14.3 Å². The molecule has 0 aliphatic carbocycles. The summed E-state index contributed by atoms with van der Waals surface area (Å²) in [5, 5.41) is 14.2. The van der Waals surface area contributed by atoms with Crippen LogP contribution in [0, 0.1) is 6.92 Å². The van der Waals surface area contributed by atoms with Crippen molar-refractivity contribution < 1.29 is 23.8 Å². The minimum Gasteiger partial charge on any atom is -0.478 e. The van der Waals surface area contributed by atoms with Crippen LogP contribution in [0.25, 0.3) is 11.3 Å². The molecule has 8 heteroatoms. The summed E-state index contributed by atoms with van der Waals surface area (Å²) in [7, 11) is 1.28. The maximum atomic E-state index is 12.2. The van der Waals surface area contributed by atoms with E-state index in [9.17, 15) is 14.4 Å². The second-order valence-electron chi connectivity index (χ2n) is 6.04. The van der Waals surface area contributed by atoms with Crippen molar-refractivity contribution in [3.8, 4) is 11.3 Å². The van der Waals surface area contributed by atoms with Crippen molar-refractivity contribution in [2.75, 3.05) is 7.11 Å². The van der Waals surface area contributed by atoms with Gasteiger partial charge in [0, 0.05) is 11.3 Å². The zero-order valence-electron chi connectivity index (χ0n) is 14.7. The van der Waals surface area contributed by atoms with Gasteiger partial charge in [-0.25, -0.2) is 4.79 Å². The van der Waals surface area contributed by atoms with Crippen molar-refractivity contribution in [3.63, 3.8) is 0 Å². The molecular formula is C19H18N2O6. The lowest BCUT2D eigenvalue weighted by Gasteiger charge is -2.12. The highest BCUT2D eigenvalue weighted by atomic mass is 16.5. The molecule has 2 heterocycles. The molecule has 0 saturated carbocycles. The number of carbonyl (C=O) groups excluding carboxylic acids is 1. The van der Waals surface area contributed by atoms with Gasteiger partial charge in [0.1, 0.15) is 11.5 Å². The molecule has 8 nitrogen and oxygen atoms in total. The van der Waals surface area contributed by atoms with Crippen molar-refractivity contribution in [2.24, 2.45) is 0 Å². The van der Waals surface area contributed by atoms with Crippen molar-refractivity contribution >= 4 is 11.9 Å². The molecule has 27 heavy (non-hydrogen) atoms. The molecule has 3 rings (SSSR count). The molecule has 0 aliphatic heterocycles. The summed E-state index contributed by atoms with van der Waals surface area (Å²) in [6.07, 6.45) is -0.0524. The highest BCUT2D eigenvalue weighted by Crippen LogP contribution is 2.32. The third kappa shape index (κ3) is 3.69. The summed E-state index contributed by atoms with van der Waals surface area (Å²) in [6, 6.07) is 9.64. The Morgan fingerprint density at radius 1 is 1.15 bits per heavy atom. The summed E-state index contributed by atoms with van der Waals surface area (Å²) in [5.74, 6) is -1.16. The van der Waals surface area contributed by atoms with Crippen molar-refractivity contribution in [1.82, 2.24) is 10.2 Å². The van der Waals surface area contributed by atoms with Gasteiger partial charge >= 0.3 is 11.9 Å². The predicted molar refractivity (Wildman–Crippen MR) is 95.7 cm³/mol. The molecule has 2 aromatic heterocycles. The number of furan rings is 1. The highest BCUT2D eigenvalue weighted by Gasteiger charge is 2.27. The number of aromatic nitrogens is 2. The van der Waals surface area contributed by atoms with E-state index in [1.807, 2.05) is 0 Å². The fourth-order valence-electron chi connectivity index (χ4n) is 2.94. The summed E-state index contributed by atoms with van der Waals surface area (Å²) in [5.41, 5.74) is 1.54. The van der Waals surface area contributed by atoms with Crippen molar-refractivity contribution in [1.29, 1.82) is 0 Å². The number of methoxy groups -OCH3 is 1. The average molecular weight is 370 g/mol. The number of hydrogen-bond acceptors (Lipinski definition) is 5. The van der Waals surface area contributed by atoms with E-state index in [0.717, 1.165) is 0 Å². The Labute approximate surface area is 153 Å². The summed E-state index contributed by atoms with van der Waals surface area (Å²) in [6.45, 7) is 1.73. The van der Waals surface area contributed by atoms with Gasteiger partial charge in [-0.1, -0.05) is 12.1 Å². The van der Waals surface area contributed by atoms with Crippen LogP contribution in [0.3, 0.4) is 0 Å². The number of esters is 1. The number of aromatic amines is 2. The van der Waals surface area contributed by atoms with E-state index in [1.165, 1.54) is 19.2 Å². The van der Waals surface area contributed by atoms with Crippen LogP contribution < -0.4 is 5.56 Å². The molecule has 140 valence electrons. The van der Waals surface area contributed by atoms with E-state index >= 15 is 0 Å². The fraction of sp³-hybridized carbons (Fsp3) is 0.211. The zero-order chi connectivity index (χ0) is 19.6. The standard InChI is InChI=1S/C19H18N2O6/c1-10-17(18(23)21-20-10)13(9-16(22)26-2)15-8-7-14(27-15)11-3-5-12(6-4-11)19(24)25/h3-8,13H,9H2,1-2H3,(H,24,25)(H2,20,21,23)/t13-/m0/s1. The molecule has 0 amide bonds. The number of hydrogen-bond donors (Lipinski definition) is 3. The van der Waals surface area contributed by atoms with Gasteiger partial charge in [-0.15, -0.1) is 0 Å². The van der Waals surface area contributed by atoms with Crippen LogP contribution >= 0.6 is 0 Å². The minimum atomic E-state index is -1.01. The molecule has 0 spiro atoms. The third-order valence-electron chi connectivity index (χ3n) is 4.35. The largest absolute Gasteiger partial charge is 0.478 e. The monoisotopic (exact) mass is 370 g/mol. The maximum Gasteiger partial charge on any atom is 0.335 e. The lowest BCUT2D eigenvalue weighted by atomic mass is 9.93. The van der Waals surface area contributed by atoms with Gasteiger partial charge in [-0.2, -0.15) is 0 Å². The van der Waals surface area contributed by atoms with Gasteiger partial charge in [0.2, 0.25) is 0 Å². The Morgan fingerprint density at radius 3 is 2.41 bits per heavy atom. The first-order valence-electron chi connectivity index (χ1n) is 8.18. The Kier molecular flexibility index (Phi) is 4.98. The van der Waals surface area contributed by atoms with Gasteiger partial charge in [0.15, 0.2) is 0 Å². The highest BCUT2D eigenvalue weighted by molar-refractivity contribution is 5.88. The van der Waals surface area contributed by atoms with Gasteiger partial charge < -0.3 is 19.4 Å². The molecule has 0 saturated heterocycles. The number of aryl methyl sites for hydroxylation is 1. The zero-order valence-corrected chi connectivity index (χ0v) is 14.7.